The second-order valence-electron chi connectivity index (χ2n) is 3.46. The van der Waals surface area contributed by atoms with Crippen LogP contribution < -0.4 is 0 Å². The predicted molar refractivity (Wildman–Crippen MR) is 47.3 cm³/mol. The summed E-state index contributed by atoms with van der Waals surface area (Å²) in [6, 6.07) is 0. The van der Waals surface area contributed by atoms with E-state index in [0.717, 1.165) is 25.0 Å². The molecular weight excluding hydrogens is 152 g/mol. The lowest BCUT2D eigenvalue weighted by Gasteiger charge is -2.22. The van der Waals surface area contributed by atoms with Gasteiger partial charge in [0.25, 0.3) is 0 Å². The molecular formula is C9H13N2O+. The number of rotatable bonds is 1. The maximum absolute atomic E-state index is 9.58. The van der Waals surface area contributed by atoms with Crippen LogP contribution in [0.15, 0.2) is 28.8 Å². The van der Waals surface area contributed by atoms with Crippen molar-refractivity contribution in [1.82, 2.24) is 0 Å². The van der Waals surface area contributed by atoms with E-state index in [4.69, 9.17) is 0 Å². The van der Waals surface area contributed by atoms with Crippen LogP contribution in [-0.2, 0) is 0 Å². The number of aliphatic hydroxyl groups is 1. The normalized spacial score (nSPS) is 33.8. The number of aliphatic imine (C=N–C) groups is 1. The highest BCUT2D eigenvalue weighted by Gasteiger charge is 2.32. The quantitative estimate of drug-likeness (QED) is 0.591. The molecule has 0 spiro atoms. The Hall–Kier alpha value is -1.09. The zero-order chi connectivity index (χ0) is 8.60. The first-order valence-corrected chi connectivity index (χ1v) is 4.22. The van der Waals surface area contributed by atoms with Gasteiger partial charge in [-0.2, -0.15) is 0 Å². The van der Waals surface area contributed by atoms with Gasteiger partial charge >= 0.3 is 0 Å². The fourth-order valence-electron chi connectivity index (χ4n) is 1.78. The van der Waals surface area contributed by atoms with Gasteiger partial charge in [-0.25, -0.2) is 9.48 Å². The van der Waals surface area contributed by atoms with Gasteiger partial charge in [-0.15, -0.1) is 0 Å². The average molecular weight is 165 g/mol. The van der Waals surface area contributed by atoms with Gasteiger partial charge in [0.1, 0.15) is 12.0 Å². The van der Waals surface area contributed by atoms with Crippen LogP contribution in [0, 0.1) is 0 Å². The van der Waals surface area contributed by atoms with Crippen LogP contribution in [0.4, 0.5) is 0 Å². The van der Waals surface area contributed by atoms with Gasteiger partial charge in [-0.3, -0.25) is 0 Å². The van der Waals surface area contributed by atoms with E-state index in [9.17, 15) is 5.11 Å². The molecule has 0 unspecified atom stereocenters. The molecule has 1 atom stereocenters. The minimum Gasteiger partial charge on any atom is -0.507 e. The Bertz CT molecular complexity index is 277. The van der Waals surface area contributed by atoms with Crippen molar-refractivity contribution in [3.8, 4) is 0 Å². The summed E-state index contributed by atoms with van der Waals surface area (Å²) in [7, 11) is 2.03. The number of nitrogens with zero attached hydrogens (tertiary/aromatic N) is 2. The third kappa shape index (κ3) is 0.975. The van der Waals surface area contributed by atoms with Gasteiger partial charge < -0.3 is 5.11 Å². The van der Waals surface area contributed by atoms with E-state index in [1.54, 1.807) is 6.20 Å². The van der Waals surface area contributed by atoms with Crippen LogP contribution >= 0.6 is 0 Å². The Balaban J connectivity index is 2.35. The topological polar surface area (TPSA) is 32.6 Å². The Labute approximate surface area is 71.9 Å². The van der Waals surface area contributed by atoms with Crippen molar-refractivity contribution in [2.24, 2.45) is 4.99 Å². The molecule has 0 radical (unpaired) electrons. The summed E-state index contributed by atoms with van der Waals surface area (Å²) >= 11 is 0. The molecule has 12 heavy (non-hydrogen) atoms. The van der Waals surface area contributed by atoms with Gasteiger partial charge in [-0.05, 0) is 6.42 Å². The molecule has 1 aliphatic carbocycles. The van der Waals surface area contributed by atoms with Crippen molar-refractivity contribution in [3.63, 3.8) is 0 Å². The third-order valence-electron chi connectivity index (χ3n) is 2.51. The molecule has 0 aromatic carbocycles. The molecule has 3 heteroatoms. The Morgan fingerprint density at radius 2 is 2.33 bits per heavy atom. The summed E-state index contributed by atoms with van der Waals surface area (Å²) in [4.78, 5) is 4.04. The first kappa shape index (κ1) is 7.55. The van der Waals surface area contributed by atoms with E-state index in [0.29, 0.717) is 10.2 Å². The first-order chi connectivity index (χ1) is 5.72. The minimum absolute atomic E-state index is 0.551. The first-order valence-electron chi connectivity index (χ1n) is 4.22. The number of hydrogen-bond acceptors (Lipinski definition) is 2. The molecule has 1 heterocycles. The minimum atomic E-state index is 0.551. The molecule has 0 saturated carbocycles. The highest BCUT2D eigenvalue weighted by Crippen LogP contribution is 2.31. The fraction of sp³-hybridized carbons (Fsp3) is 0.444. The van der Waals surface area contributed by atoms with E-state index in [1.165, 1.54) is 0 Å². The van der Waals surface area contributed by atoms with E-state index >= 15 is 0 Å². The maximum atomic E-state index is 9.58. The largest absolute Gasteiger partial charge is 0.507 e. The molecule has 1 N–H and O–H groups in total. The van der Waals surface area contributed by atoms with Gasteiger partial charge in [0, 0.05) is 12.8 Å². The summed E-state index contributed by atoms with van der Waals surface area (Å²) in [5.74, 6) is 0.551. The van der Waals surface area contributed by atoms with E-state index in [-0.39, 0.29) is 0 Å². The molecule has 2 rings (SSSR count). The van der Waals surface area contributed by atoms with Crippen molar-refractivity contribution >= 4 is 6.34 Å². The van der Waals surface area contributed by atoms with Crippen LogP contribution in [0.25, 0.3) is 0 Å². The molecule has 1 aliphatic heterocycles. The lowest BCUT2D eigenvalue weighted by atomic mass is 10.3. The molecule has 64 valence electrons. The van der Waals surface area contributed by atoms with Gasteiger partial charge in [0.05, 0.1) is 13.2 Å². The highest BCUT2D eigenvalue weighted by molar-refractivity contribution is 5.53. The summed E-state index contributed by atoms with van der Waals surface area (Å²) in [5.41, 5.74) is 1.09. The van der Waals surface area contributed by atoms with Gasteiger partial charge in [0.2, 0.25) is 0 Å². The second kappa shape index (κ2) is 2.45. The van der Waals surface area contributed by atoms with Gasteiger partial charge in [-0.1, -0.05) is 0 Å². The molecule has 0 bridgehead atoms. The summed E-state index contributed by atoms with van der Waals surface area (Å²) in [5, 5.41) is 9.58. The number of quaternary nitrogens is 1. The molecule has 2 aliphatic rings. The van der Waals surface area contributed by atoms with E-state index in [2.05, 4.69) is 4.99 Å². The number of allylic oxidation sites excluding steroid dienone is 2. The highest BCUT2D eigenvalue weighted by atomic mass is 16.3. The van der Waals surface area contributed by atoms with Crippen molar-refractivity contribution in [3.05, 3.63) is 23.9 Å². The SMILES string of the molecule is C[N@@+]1(C2=C(O)CCC2)C=CN=C1. The lowest BCUT2D eigenvalue weighted by Crippen LogP contribution is -2.33. The van der Waals surface area contributed by atoms with Crippen molar-refractivity contribution in [2.45, 2.75) is 19.3 Å². The standard InChI is InChI=1S/C9H12N2O/c1-11(6-5-10-7-11)8-3-2-4-9(8)12/h5-7H,2-4H2,1H3/p+1/t11-/m1/s1. The molecule has 0 aromatic rings. The third-order valence-corrected chi connectivity index (χ3v) is 2.51. The maximum Gasteiger partial charge on any atom is 0.199 e. The molecule has 0 aromatic heterocycles. The smallest absolute Gasteiger partial charge is 0.199 e. The summed E-state index contributed by atoms with van der Waals surface area (Å²) < 4.78 is 0.561. The molecule has 0 fully saturated rings. The van der Waals surface area contributed by atoms with Crippen LogP contribution in [-0.4, -0.2) is 23.0 Å². The van der Waals surface area contributed by atoms with Crippen molar-refractivity contribution in [2.75, 3.05) is 7.05 Å². The summed E-state index contributed by atoms with van der Waals surface area (Å²) in [6.45, 7) is 0. The zero-order valence-electron chi connectivity index (χ0n) is 7.20. The van der Waals surface area contributed by atoms with E-state index < -0.39 is 0 Å². The zero-order valence-corrected chi connectivity index (χ0v) is 7.20. The Kier molecular flexibility index (Phi) is 1.54. The average Bonchev–Trinajstić information content (AvgIpc) is 2.59. The number of aliphatic hydroxyl groups excluding tert-OH is 1. The molecule has 3 nitrogen and oxygen atoms in total. The number of hydrogen-bond donors (Lipinski definition) is 1. The van der Waals surface area contributed by atoms with Crippen LogP contribution in [0.1, 0.15) is 19.3 Å². The van der Waals surface area contributed by atoms with E-state index in [1.807, 2.05) is 19.6 Å². The van der Waals surface area contributed by atoms with Crippen LogP contribution in [0.3, 0.4) is 0 Å². The second-order valence-corrected chi connectivity index (χ2v) is 3.46. The summed E-state index contributed by atoms with van der Waals surface area (Å²) in [6.07, 6.45) is 8.48. The Morgan fingerprint density at radius 1 is 1.50 bits per heavy atom. The van der Waals surface area contributed by atoms with Crippen molar-refractivity contribution < 1.29 is 9.59 Å². The molecule has 0 amide bonds. The fourth-order valence-corrected chi connectivity index (χ4v) is 1.78. The van der Waals surface area contributed by atoms with Crippen LogP contribution in [0.5, 0.6) is 0 Å². The van der Waals surface area contributed by atoms with Gasteiger partial charge in [0.15, 0.2) is 12.0 Å². The van der Waals surface area contributed by atoms with Crippen LogP contribution in [0.2, 0.25) is 0 Å². The Morgan fingerprint density at radius 3 is 2.83 bits per heavy atom. The van der Waals surface area contributed by atoms with Crippen molar-refractivity contribution in [1.29, 1.82) is 0 Å². The lowest BCUT2D eigenvalue weighted by molar-refractivity contribution is -0.715. The molecule has 0 saturated heterocycles. The predicted octanol–water partition coefficient (Wildman–Crippen LogP) is 1.90. The monoisotopic (exact) mass is 165 g/mol.